The lowest BCUT2D eigenvalue weighted by Gasteiger charge is -2.22. The maximum atomic E-state index is 15.6. The first-order chi connectivity index (χ1) is 17.3. The Morgan fingerprint density at radius 2 is 1.89 bits per heavy atom. The Balaban J connectivity index is 1.53. The Labute approximate surface area is 216 Å². The maximum Gasteiger partial charge on any atom is 0.319 e. The fraction of sp³-hybridized carbons (Fsp3) is 0.200. The van der Waals surface area contributed by atoms with Crippen molar-refractivity contribution in [3.05, 3.63) is 71.3 Å². The molecule has 11 heteroatoms. The van der Waals surface area contributed by atoms with Crippen molar-refractivity contribution in [1.82, 2.24) is 5.32 Å². The average Bonchev–Trinajstić information content (AvgIpc) is 3.21. The number of anilines is 3. The van der Waals surface area contributed by atoms with Gasteiger partial charge in [0, 0.05) is 29.0 Å². The Morgan fingerprint density at radius 3 is 2.61 bits per heavy atom. The molecule has 188 valence electrons. The van der Waals surface area contributed by atoms with Crippen LogP contribution in [0.15, 0.2) is 54.6 Å². The molecule has 1 heterocycles. The van der Waals surface area contributed by atoms with Crippen molar-refractivity contribution in [3.63, 3.8) is 0 Å². The van der Waals surface area contributed by atoms with Crippen molar-refractivity contribution in [2.45, 2.75) is 12.5 Å². The molecule has 3 amide bonds. The number of ether oxygens (including phenoxy) is 1. The lowest BCUT2D eigenvalue weighted by atomic mass is 10.0. The molecule has 1 fully saturated rings. The van der Waals surface area contributed by atoms with Crippen molar-refractivity contribution in [2.75, 3.05) is 34.8 Å². The van der Waals surface area contributed by atoms with E-state index in [1.807, 2.05) is 24.5 Å². The van der Waals surface area contributed by atoms with Gasteiger partial charge in [-0.3, -0.25) is 4.79 Å². The van der Waals surface area contributed by atoms with E-state index in [-0.39, 0.29) is 35.1 Å². The number of amides is 3. The highest BCUT2D eigenvalue weighted by atomic mass is 35.5. The maximum absolute atomic E-state index is 15.6. The number of urea groups is 1. The number of nitrogens with one attached hydrogen (secondary N) is 3. The summed E-state index contributed by atoms with van der Waals surface area (Å²) in [5, 5.41) is 5.10. The van der Waals surface area contributed by atoms with Crippen LogP contribution in [0.4, 0.5) is 30.6 Å². The van der Waals surface area contributed by atoms with Gasteiger partial charge in [0.05, 0.1) is 24.2 Å². The number of carbonyl (C=O) groups is 2. The van der Waals surface area contributed by atoms with Gasteiger partial charge >= 0.3 is 6.03 Å². The van der Waals surface area contributed by atoms with E-state index in [4.69, 9.17) is 16.3 Å². The second-order valence-electron chi connectivity index (χ2n) is 7.89. The summed E-state index contributed by atoms with van der Waals surface area (Å²) in [6, 6.07) is 12.7. The predicted octanol–water partition coefficient (Wildman–Crippen LogP) is 5.91. The number of halogens is 3. The highest BCUT2D eigenvalue weighted by Crippen LogP contribution is 2.41. The van der Waals surface area contributed by atoms with Crippen LogP contribution in [0, 0.1) is 11.6 Å². The molecule has 0 spiro atoms. The van der Waals surface area contributed by atoms with Crippen molar-refractivity contribution in [3.8, 4) is 16.9 Å². The average molecular weight is 533 g/mol. The van der Waals surface area contributed by atoms with Gasteiger partial charge in [-0.2, -0.15) is 0 Å². The van der Waals surface area contributed by atoms with Crippen LogP contribution in [0.5, 0.6) is 5.75 Å². The number of hydrogen-bond donors (Lipinski definition) is 3. The van der Waals surface area contributed by atoms with Gasteiger partial charge in [0.25, 0.3) is 0 Å². The van der Waals surface area contributed by atoms with Gasteiger partial charge < -0.3 is 25.0 Å². The number of carbonyl (C=O) groups excluding carboxylic acids is 2. The summed E-state index contributed by atoms with van der Waals surface area (Å²) in [5.41, 5.74) is 1.89. The van der Waals surface area contributed by atoms with E-state index in [0.29, 0.717) is 11.1 Å². The van der Waals surface area contributed by atoms with Crippen molar-refractivity contribution < 1.29 is 23.1 Å². The molecular formula is C25H23ClF2N4O3S. The summed E-state index contributed by atoms with van der Waals surface area (Å²) >= 11 is 7.11. The van der Waals surface area contributed by atoms with Gasteiger partial charge in [0.1, 0.15) is 11.9 Å². The Hall–Kier alpha value is -3.50. The van der Waals surface area contributed by atoms with Crippen LogP contribution in [-0.2, 0) is 4.79 Å². The van der Waals surface area contributed by atoms with E-state index in [0.717, 1.165) is 11.8 Å². The number of benzene rings is 3. The van der Waals surface area contributed by atoms with E-state index in [2.05, 4.69) is 15.4 Å². The fourth-order valence-electron chi connectivity index (χ4n) is 4.04. The third-order valence-corrected chi connectivity index (χ3v) is 6.35. The van der Waals surface area contributed by atoms with Crippen LogP contribution < -0.4 is 25.0 Å². The fourth-order valence-corrected chi connectivity index (χ4v) is 4.59. The predicted molar refractivity (Wildman–Crippen MR) is 140 cm³/mol. The molecule has 1 atom stereocenters. The first-order valence-electron chi connectivity index (χ1n) is 10.9. The number of nitrogens with zero attached hydrogens (tertiary/aromatic N) is 1. The molecule has 0 radical (unpaired) electrons. The molecule has 1 saturated heterocycles. The van der Waals surface area contributed by atoms with Gasteiger partial charge in [0.15, 0.2) is 11.6 Å². The second kappa shape index (κ2) is 11.0. The Bertz CT molecular complexity index is 1310. The minimum Gasteiger partial charge on any atom is -0.492 e. The van der Waals surface area contributed by atoms with E-state index in [1.165, 1.54) is 36.1 Å². The van der Waals surface area contributed by atoms with E-state index in [1.54, 1.807) is 18.2 Å². The van der Waals surface area contributed by atoms with Crippen LogP contribution in [-0.4, -0.2) is 37.9 Å². The number of methoxy groups -OCH3 is 1. The van der Waals surface area contributed by atoms with Crippen LogP contribution in [0.25, 0.3) is 11.1 Å². The summed E-state index contributed by atoms with van der Waals surface area (Å²) in [4.78, 5) is 26.8. The molecule has 3 aromatic carbocycles. The zero-order valence-electron chi connectivity index (χ0n) is 19.4. The van der Waals surface area contributed by atoms with Gasteiger partial charge in [-0.05, 0) is 42.8 Å². The molecule has 3 aromatic rings. The molecule has 1 unspecified atom stereocenters. The highest BCUT2D eigenvalue weighted by Gasteiger charge is 2.36. The van der Waals surface area contributed by atoms with Gasteiger partial charge in [-0.1, -0.05) is 41.7 Å². The molecule has 0 aliphatic carbocycles. The summed E-state index contributed by atoms with van der Waals surface area (Å²) in [6.07, 6.45) is 2.15. The summed E-state index contributed by atoms with van der Waals surface area (Å²) in [7, 11) is 1.34. The normalized spacial score (nSPS) is 15.1. The molecule has 3 N–H and O–H groups in total. The molecule has 1 aliphatic rings. The summed E-state index contributed by atoms with van der Waals surface area (Å²) in [6.45, 7) is 0.235. The third kappa shape index (κ3) is 5.19. The Morgan fingerprint density at radius 1 is 1.11 bits per heavy atom. The molecular weight excluding hydrogens is 510 g/mol. The second-order valence-corrected chi connectivity index (χ2v) is 8.93. The molecule has 0 saturated carbocycles. The topological polar surface area (TPSA) is 82.7 Å². The zero-order chi connectivity index (χ0) is 25.8. The number of rotatable bonds is 7. The van der Waals surface area contributed by atoms with Crippen LogP contribution >= 0.6 is 23.5 Å². The van der Waals surface area contributed by atoms with Crippen molar-refractivity contribution in [2.24, 2.45) is 0 Å². The number of hydrogen-bond acceptors (Lipinski definition) is 5. The lowest BCUT2D eigenvalue weighted by Crippen LogP contribution is -2.43. The quantitative estimate of drug-likeness (QED) is 0.329. The zero-order valence-corrected chi connectivity index (χ0v) is 21.0. The van der Waals surface area contributed by atoms with Gasteiger partial charge in [-0.15, -0.1) is 0 Å². The van der Waals surface area contributed by atoms with Gasteiger partial charge in [-0.25, -0.2) is 13.6 Å². The monoisotopic (exact) mass is 532 g/mol. The van der Waals surface area contributed by atoms with E-state index in [9.17, 15) is 14.0 Å². The van der Waals surface area contributed by atoms with Gasteiger partial charge in [0.2, 0.25) is 5.91 Å². The van der Waals surface area contributed by atoms with Crippen LogP contribution in [0.2, 0.25) is 5.02 Å². The number of para-hydroxylation sites is 1. The van der Waals surface area contributed by atoms with Crippen LogP contribution in [0.3, 0.4) is 0 Å². The largest absolute Gasteiger partial charge is 0.492 e. The SMILES string of the molecule is COc1c(N2CCC(NC(=O)Nc3ccc(Cl)cc3F)C2=O)ccc(-c2ccccc2NSC)c1F. The first-order valence-corrected chi connectivity index (χ1v) is 12.5. The van der Waals surface area contributed by atoms with Crippen molar-refractivity contribution in [1.29, 1.82) is 0 Å². The molecule has 7 nitrogen and oxygen atoms in total. The molecule has 4 rings (SSSR count). The third-order valence-electron chi connectivity index (χ3n) is 5.69. The van der Waals surface area contributed by atoms with E-state index >= 15 is 4.39 Å². The molecule has 36 heavy (non-hydrogen) atoms. The minimum atomic E-state index is -0.876. The highest BCUT2D eigenvalue weighted by molar-refractivity contribution is 7.99. The minimum absolute atomic E-state index is 0.0743. The molecule has 0 aromatic heterocycles. The lowest BCUT2D eigenvalue weighted by molar-refractivity contribution is -0.118. The Kier molecular flexibility index (Phi) is 7.85. The first kappa shape index (κ1) is 25.6. The summed E-state index contributed by atoms with van der Waals surface area (Å²) in [5.74, 6) is -1.82. The van der Waals surface area contributed by atoms with Crippen LogP contribution in [0.1, 0.15) is 6.42 Å². The summed E-state index contributed by atoms with van der Waals surface area (Å²) < 4.78 is 38.1. The molecule has 0 bridgehead atoms. The standard InChI is InChI=1S/C25H23ClF2N4O3S/c1-35-23-21(10-8-16(22(23)28)15-5-3-4-6-18(15)31-36-2)32-12-11-20(24(32)33)30-25(34)29-19-9-7-14(26)13-17(19)27/h3-10,13,20,31H,11-12H2,1-2H3,(H2,29,30,34). The van der Waals surface area contributed by atoms with Crippen molar-refractivity contribution >= 4 is 52.5 Å². The smallest absolute Gasteiger partial charge is 0.319 e. The van der Waals surface area contributed by atoms with E-state index < -0.39 is 29.6 Å². The molecule has 1 aliphatic heterocycles.